The molecule has 26 heavy (non-hydrogen) atoms. The molecule has 1 atom stereocenters. The molecule has 134 valence electrons. The molecule has 2 heterocycles. The van der Waals surface area contributed by atoms with Gasteiger partial charge in [0.2, 0.25) is 0 Å². The largest absolute Gasteiger partial charge is 0.287 e. The van der Waals surface area contributed by atoms with Gasteiger partial charge in [0, 0.05) is 22.8 Å². The zero-order valence-corrected chi connectivity index (χ0v) is 16.8. The third-order valence-electron chi connectivity index (χ3n) is 5.59. The van der Waals surface area contributed by atoms with Gasteiger partial charge in [-0.15, -0.1) is 11.3 Å². The minimum atomic E-state index is 0.380. The Morgan fingerprint density at radius 3 is 2.42 bits per heavy atom. The molecule has 4 rings (SSSR count). The Hall–Kier alpha value is -1.90. The number of thiophene rings is 1. The molecular formula is C24H27NS. The van der Waals surface area contributed by atoms with Crippen LogP contribution in [-0.2, 0) is 19.4 Å². The fourth-order valence-corrected chi connectivity index (χ4v) is 5.72. The van der Waals surface area contributed by atoms with Gasteiger partial charge in [-0.05, 0) is 48.9 Å². The van der Waals surface area contributed by atoms with E-state index in [1.807, 2.05) is 11.3 Å². The highest BCUT2D eigenvalue weighted by atomic mass is 32.1. The zero-order chi connectivity index (χ0) is 18.1. The van der Waals surface area contributed by atoms with Crippen LogP contribution in [0.2, 0.25) is 0 Å². The average molecular weight is 362 g/mol. The summed E-state index contributed by atoms with van der Waals surface area (Å²) in [6, 6.07) is 20.5. The second-order valence-electron chi connectivity index (χ2n) is 7.35. The van der Waals surface area contributed by atoms with Crippen LogP contribution in [0.1, 0.15) is 50.5 Å². The van der Waals surface area contributed by atoms with Crippen molar-refractivity contribution in [2.75, 3.05) is 6.54 Å². The van der Waals surface area contributed by atoms with Gasteiger partial charge in [0.15, 0.2) is 0 Å². The molecule has 1 aliphatic rings. The van der Waals surface area contributed by atoms with Crippen molar-refractivity contribution in [1.29, 1.82) is 0 Å². The van der Waals surface area contributed by atoms with Crippen LogP contribution >= 0.6 is 11.3 Å². The molecule has 0 N–H and O–H groups in total. The van der Waals surface area contributed by atoms with Gasteiger partial charge in [-0.1, -0.05) is 67.1 Å². The van der Waals surface area contributed by atoms with E-state index in [-0.39, 0.29) is 0 Å². The van der Waals surface area contributed by atoms with Crippen LogP contribution in [0.15, 0.2) is 54.6 Å². The van der Waals surface area contributed by atoms with E-state index in [2.05, 4.69) is 80.3 Å². The van der Waals surface area contributed by atoms with Gasteiger partial charge in [-0.2, -0.15) is 0 Å². The van der Waals surface area contributed by atoms with Crippen LogP contribution in [-0.4, -0.2) is 11.4 Å². The zero-order valence-electron chi connectivity index (χ0n) is 16.0. The molecule has 0 aliphatic carbocycles. The van der Waals surface area contributed by atoms with Crippen molar-refractivity contribution in [3.8, 4) is 0 Å². The molecule has 0 spiro atoms. The molecule has 0 amide bonds. The van der Waals surface area contributed by atoms with Crippen molar-refractivity contribution in [2.45, 2.75) is 46.2 Å². The van der Waals surface area contributed by atoms with Crippen LogP contribution in [0.4, 0.5) is 0 Å². The fraction of sp³-hybridized carbons (Fsp3) is 0.333. The van der Waals surface area contributed by atoms with Crippen LogP contribution in [0.5, 0.6) is 0 Å². The summed E-state index contributed by atoms with van der Waals surface area (Å²) in [5.41, 5.74) is 7.38. The Balaban J connectivity index is 1.75. The van der Waals surface area contributed by atoms with Gasteiger partial charge in [0.1, 0.15) is 0 Å². The minimum absolute atomic E-state index is 0.380. The van der Waals surface area contributed by atoms with Crippen LogP contribution < -0.4 is 0 Å². The number of aryl methyl sites for hydroxylation is 2. The highest BCUT2D eigenvalue weighted by Gasteiger charge is 2.32. The first-order valence-corrected chi connectivity index (χ1v) is 10.4. The molecule has 1 nitrogen and oxygen atoms in total. The molecule has 1 aliphatic heterocycles. The maximum Gasteiger partial charge on any atom is 0.0702 e. The maximum atomic E-state index is 2.66. The first-order chi connectivity index (χ1) is 12.7. The second kappa shape index (κ2) is 7.38. The summed E-state index contributed by atoms with van der Waals surface area (Å²) in [4.78, 5) is 5.75. The lowest BCUT2D eigenvalue weighted by molar-refractivity contribution is 0.207. The fourth-order valence-electron chi connectivity index (χ4n) is 4.25. The molecule has 1 aromatic heterocycles. The van der Waals surface area contributed by atoms with Crippen molar-refractivity contribution >= 4 is 11.3 Å². The third-order valence-corrected chi connectivity index (χ3v) is 6.83. The van der Waals surface area contributed by atoms with Gasteiger partial charge in [0.05, 0.1) is 6.04 Å². The van der Waals surface area contributed by atoms with Gasteiger partial charge in [-0.25, -0.2) is 0 Å². The average Bonchev–Trinajstić information content (AvgIpc) is 2.99. The van der Waals surface area contributed by atoms with Gasteiger partial charge < -0.3 is 0 Å². The summed E-state index contributed by atoms with van der Waals surface area (Å²) >= 11 is 2.02. The van der Waals surface area contributed by atoms with Crippen molar-refractivity contribution in [1.82, 2.24) is 4.90 Å². The number of nitrogens with zero attached hydrogens (tertiary/aromatic N) is 1. The van der Waals surface area contributed by atoms with Crippen LogP contribution in [0.3, 0.4) is 0 Å². The molecule has 0 saturated heterocycles. The minimum Gasteiger partial charge on any atom is -0.287 e. The lowest BCUT2D eigenvalue weighted by Gasteiger charge is -2.36. The summed E-state index contributed by atoms with van der Waals surface area (Å²) in [5, 5.41) is 0. The number of rotatable bonds is 4. The molecular weight excluding hydrogens is 334 g/mol. The van der Waals surface area contributed by atoms with E-state index in [4.69, 9.17) is 0 Å². The highest BCUT2D eigenvalue weighted by Crippen LogP contribution is 2.43. The SMILES string of the molecule is CCc1c(C)sc2c1CCN(Cc1ccc(C)cc1)[C@@H]2c1ccccc1. The van der Waals surface area contributed by atoms with Crippen molar-refractivity contribution in [3.63, 3.8) is 0 Å². The Morgan fingerprint density at radius 2 is 1.73 bits per heavy atom. The Labute approximate surface area is 161 Å². The summed E-state index contributed by atoms with van der Waals surface area (Å²) in [7, 11) is 0. The number of benzene rings is 2. The predicted molar refractivity (Wildman–Crippen MR) is 112 cm³/mol. The van der Waals surface area contributed by atoms with Crippen molar-refractivity contribution < 1.29 is 0 Å². The van der Waals surface area contributed by atoms with Gasteiger partial charge in [-0.3, -0.25) is 4.90 Å². The first kappa shape index (κ1) is 17.5. The standard InChI is InChI=1S/C24H27NS/c1-4-21-18(3)26-24-22(21)14-15-25(16-19-12-10-17(2)11-13-19)23(24)20-8-6-5-7-9-20/h5-13,23H,4,14-16H2,1-3H3/t23-/m1/s1. The summed E-state index contributed by atoms with van der Waals surface area (Å²) < 4.78 is 0. The smallest absolute Gasteiger partial charge is 0.0702 e. The molecule has 2 heteroatoms. The van der Waals surface area contributed by atoms with E-state index in [0.29, 0.717) is 6.04 Å². The molecule has 0 radical (unpaired) electrons. The van der Waals surface area contributed by atoms with Crippen molar-refractivity contribution in [2.24, 2.45) is 0 Å². The molecule has 3 aromatic rings. The van der Waals surface area contributed by atoms with Crippen LogP contribution in [0, 0.1) is 13.8 Å². The number of hydrogen-bond donors (Lipinski definition) is 0. The monoisotopic (exact) mass is 361 g/mol. The lowest BCUT2D eigenvalue weighted by Crippen LogP contribution is -2.35. The normalized spacial score (nSPS) is 17.3. The molecule has 0 saturated carbocycles. The summed E-state index contributed by atoms with van der Waals surface area (Å²) in [5.74, 6) is 0. The second-order valence-corrected chi connectivity index (χ2v) is 8.61. The van der Waals surface area contributed by atoms with E-state index < -0.39 is 0 Å². The topological polar surface area (TPSA) is 3.24 Å². The van der Waals surface area contributed by atoms with Crippen LogP contribution in [0.25, 0.3) is 0 Å². The first-order valence-electron chi connectivity index (χ1n) is 9.63. The number of fused-ring (bicyclic) bond motifs is 1. The summed E-state index contributed by atoms with van der Waals surface area (Å²) in [6.07, 6.45) is 2.33. The van der Waals surface area contributed by atoms with E-state index >= 15 is 0 Å². The Morgan fingerprint density at radius 1 is 1.00 bits per heavy atom. The molecule has 0 unspecified atom stereocenters. The van der Waals surface area contributed by atoms with Gasteiger partial charge >= 0.3 is 0 Å². The van der Waals surface area contributed by atoms with E-state index in [1.165, 1.54) is 28.0 Å². The van der Waals surface area contributed by atoms with E-state index in [9.17, 15) is 0 Å². The van der Waals surface area contributed by atoms with Crippen molar-refractivity contribution in [3.05, 3.63) is 92.2 Å². The molecule has 0 fully saturated rings. The van der Waals surface area contributed by atoms with E-state index in [1.54, 1.807) is 16.0 Å². The maximum absolute atomic E-state index is 2.66. The quantitative estimate of drug-likeness (QED) is 0.545. The third kappa shape index (κ3) is 3.24. The molecule has 2 aromatic carbocycles. The van der Waals surface area contributed by atoms with Gasteiger partial charge in [0.25, 0.3) is 0 Å². The molecule has 0 bridgehead atoms. The Kier molecular flexibility index (Phi) is 4.97. The highest BCUT2D eigenvalue weighted by molar-refractivity contribution is 7.12. The number of hydrogen-bond acceptors (Lipinski definition) is 2. The Bertz CT molecular complexity index is 877. The van der Waals surface area contributed by atoms with E-state index in [0.717, 1.165) is 19.5 Å². The lowest BCUT2D eigenvalue weighted by atomic mass is 9.91. The predicted octanol–water partition coefficient (Wildman–Crippen LogP) is 6.08. The summed E-state index contributed by atoms with van der Waals surface area (Å²) in [6.45, 7) is 8.89.